The highest BCUT2D eigenvalue weighted by molar-refractivity contribution is 7.92. The zero-order chi connectivity index (χ0) is 26.3. The van der Waals surface area contributed by atoms with Crippen molar-refractivity contribution in [2.45, 2.75) is 62.7 Å². The lowest BCUT2D eigenvalue weighted by molar-refractivity contribution is -0.147. The maximum Gasteiger partial charge on any atom is 0.304 e. The first kappa shape index (κ1) is 27.0. The van der Waals surface area contributed by atoms with Crippen LogP contribution < -0.4 is 5.32 Å². The van der Waals surface area contributed by atoms with E-state index in [1.807, 2.05) is 18.2 Å². The molecule has 36 heavy (non-hydrogen) atoms. The van der Waals surface area contributed by atoms with Gasteiger partial charge in [0.1, 0.15) is 4.75 Å². The number of carbonyl (C=O) groups is 2. The van der Waals surface area contributed by atoms with Crippen LogP contribution in [0.2, 0.25) is 10.0 Å². The maximum absolute atomic E-state index is 13.9. The molecule has 0 spiro atoms. The van der Waals surface area contributed by atoms with Gasteiger partial charge in [-0.1, -0.05) is 61.3 Å². The largest absolute Gasteiger partial charge is 0.481 e. The van der Waals surface area contributed by atoms with Gasteiger partial charge in [-0.05, 0) is 67.0 Å². The molecule has 2 fully saturated rings. The predicted molar refractivity (Wildman–Crippen MR) is 141 cm³/mol. The Hall–Kier alpha value is -2.09. The first-order chi connectivity index (χ1) is 16.9. The van der Waals surface area contributed by atoms with Gasteiger partial charge in [0.05, 0.1) is 11.8 Å². The Labute approximate surface area is 222 Å². The molecule has 4 rings (SSSR count). The molecule has 194 valence electrons. The van der Waals surface area contributed by atoms with Crippen molar-refractivity contribution in [1.29, 1.82) is 0 Å². The highest BCUT2D eigenvalue weighted by Gasteiger charge is 2.58. The Morgan fingerprint density at radius 1 is 1.14 bits per heavy atom. The van der Waals surface area contributed by atoms with Crippen molar-refractivity contribution in [3.05, 3.63) is 69.7 Å². The number of nitrogens with one attached hydrogen (secondary N) is 1. The molecule has 1 amide bonds. The smallest absolute Gasteiger partial charge is 0.304 e. The number of carboxylic acid groups (broad SMARTS) is 1. The van der Waals surface area contributed by atoms with Gasteiger partial charge in [0.15, 0.2) is 9.84 Å². The summed E-state index contributed by atoms with van der Waals surface area (Å²) in [4.78, 5) is 24.9. The zero-order valence-corrected chi connectivity index (χ0v) is 22.7. The van der Waals surface area contributed by atoms with Crippen molar-refractivity contribution >= 4 is 44.9 Å². The standard InChI is InChI=1S/C27H31Cl2NO5S/c1-3-36(34,35)27(18-7-8-18,19-9-11-20(28)12-10-19)15-23-22(17-5-4-6-21(29)13-17)14-26(2,16-24(31)32)25(33)30-23/h4-6,9-13,18,22-23H,3,7-8,14-16H2,1-2H3,(H,30,33)(H,31,32)/t22-,23+,26+,27+/m1/s1. The molecule has 2 aliphatic rings. The molecule has 0 unspecified atom stereocenters. The van der Waals surface area contributed by atoms with Gasteiger partial charge in [0.2, 0.25) is 5.91 Å². The first-order valence-corrected chi connectivity index (χ1v) is 14.6. The number of piperidine rings is 1. The lowest BCUT2D eigenvalue weighted by Gasteiger charge is -2.46. The fraction of sp³-hybridized carbons (Fsp3) is 0.481. The Bertz CT molecular complexity index is 1260. The van der Waals surface area contributed by atoms with Gasteiger partial charge in [-0.25, -0.2) is 8.42 Å². The Morgan fingerprint density at radius 2 is 1.81 bits per heavy atom. The molecule has 0 radical (unpaired) electrons. The van der Waals surface area contributed by atoms with Crippen LogP contribution in [0.15, 0.2) is 48.5 Å². The van der Waals surface area contributed by atoms with Gasteiger partial charge in [-0.2, -0.15) is 0 Å². The lowest BCUT2D eigenvalue weighted by atomic mass is 9.67. The number of hydrogen-bond donors (Lipinski definition) is 2. The second-order valence-electron chi connectivity index (χ2n) is 10.4. The predicted octanol–water partition coefficient (Wildman–Crippen LogP) is 5.58. The molecule has 0 aromatic heterocycles. The minimum atomic E-state index is -3.62. The van der Waals surface area contributed by atoms with Gasteiger partial charge < -0.3 is 10.4 Å². The average Bonchev–Trinajstić information content (AvgIpc) is 3.65. The Morgan fingerprint density at radius 3 is 2.36 bits per heavy atom. The number of amides is 1. The van der Waals surface area contributed by atoms with Crippen LogP contribution in [0.3, 0.4) is 0 Å². The van der Waals surface area contributed by atoms with Crippen LogP contribution in [0.1, 0.15) is 63.0 Å². The summed E-state index contributed by atoms with van der Waals surface area (Å²) in [5.41, 5.74) is 0.384. The highest BCUT2D eigenvalue weighted by atomic mass is 35.5. The quantitative estimate of drug-likeness (QED) is 0.423. The van der Waals surface area contributed by atoms with E-state index in [1.54, 1.807) is 44.2 Å². The lowest BCUT2D eigenvalue weighted by Crippen LogP contribution is -2.57. The average molecular weight is 553 g/mol. The molecular weight excluding hydrogens is 521 g/mol. The van der Waals surface area contributed by atoms with Gasteiger partial charge in [0, 0.05) is 27.8 Å². The Balaban J connectivity index is 1.84. The van der Waals surface area contributed by atoms with E-state index in [0.29, 0.717) is 15.6 Å². The van der Waals surface area contributed by atoms with Crippen molar-refractivity contribution < 1.29 is 23.1 Å². The van der Waals surface area contributed by atoms with Gasteiger partial charge >= 0.3 is 5.97 Å². The second kappa shape index (κ2) is 9.99. The van der Waals surface area contributed by atoms with Crippen LogP contribution >= 0.6 is 23.2 Å². The molecule has 2 aromatic carbocycles. The van der Waals surface area contributed by atoms with Crippen molar-refractivity contribution in [3.8, 4) is 0 Å². The fourth-order valence-corrected chi connectivity index (χ4v) is 8.39. The van der Waals surface area contributed by atoms with Crippen molar-refractivity contribution in [3.63, 3.8) is 0 Å². The molecule has 4 atom stereocenters. The van der Waals surface area contributed by atoms with Crippen LogP contribution in [0.5, 0.6) is 0 Å². The van der Waals surface area contributed by atoms with E-state index in [0.717, 1.165) is 18.4 Å². The normalized spacial score (nSPS) is 26.2. The van der Waals surface area contributed by atoms with E-state index in [-0.39, 0.29) is 42.8 Å². The molecule has 1 saturated heterocycles. The zero-order valence-electron chi connectivity index (χ0n) is 20.3. The first-order valence-electron chi connectivity index (χ1n) is 12.2. The van der Waals surface area contributed by atoms with Crippen LogP contribution in [0, 0.1) is 11.3 Å². The number of halogens is 2. The van der Waals surface area contributed by atoms with Gasteiger partial charge in [-0.3, -0.25) is 9.59 Å². The van der Waals surface area contributed by atoms with Crippen LogP contribution in [-0.4, -0.2) is 37.2 Å². The van der Waals surface area contributed by atoms with E-state index < -0.39 is 32.0 Å². The summed E-state index contributed by atoms with van der Waals surface area (Å²) in [7, 11) is -3.62. The van der Waals surface area contributed by atoms with E-state index in [1.165, 1.54) is 0 Å². The van der Waals surface area contributed by atoms with Gasteiger partial charge in [-0.15, -0.1) is 0 Å². The van der Waals surface area contributed by atoms with Crippen LogP contribution in [-0.2, 0) is 24.2 Å². The second-order valence-corrected chi connectivity index (χ2v) is 13.8. The van der Waals surface area contributed by atoms with Gasteiger partial charge in [0.25, 0.3) is 0 Å². The van der Waals surface area contributed by atoms with E-state index in [9.17, 15) is 23.1 Å². The molecule has 1 aliphatic carbocycles. The van der Waals surface area contributed by atoms with E-state index in [2.05, 4.69) is 5.32 Å². The van der Waals surface area contributed by atoms with Crippen molar-refractivity contribution in [1.82, 2.24) is 5.32 Å². The minimum absolute atomic E-state index is 0.0364. The third-order valence-corrected chi connectivity index (χ3v) is 11.0. The number of hydrogen-bond acceptors (Lipinski definition) is 4. The maximum atomic E-state index is 13.9. The number of carboxylic acids is 1. The molecule has 2 aromatic rings. The molecule has 1 aliphatic heterocycles. The summed E-state index contributed by atoms with van der Waals surface area (Å²) >= 11 is 12.4. The summed E-state index contributed by atoms with van der Waals surface area (Å²) in [6.45, 7) is 3.31. The summed E-state index contributed by atoms with van der Waals surface area (Å²) < 4.78 is 26.5. The summed E-state index contributed by atoms with van der Waals surface area (Å²) in [5.74, 6) is -1.86. The Kier molecular flexibility index (Phi) is 7.48. The number of benzene rings is 2. The summed E-state index contributed by atoms with van der Waals surface area (Å²) in [6.07, 6.45) is 1.69. The summed E-state index contributed by atoms with van der Waals surface area (Å²) in [5, 5.41) is 13.6. The molecule has 0 bridgehead atoms. The topological polar surface area (TPSA) is 101 Å². The van der Waals surface area contributed by atoms with Crippen LogP contribution in [0.4, 0.5) is 0 Å². The third-order valence-electron chi connectivity index (χ3n) is 7.87. The highest BCUT2D eigenvalue weighted by Crippen LogP contribution is 2.56. The minimum Gasteiger partial charge on any atom is -0.481 e. The molecular formula is C27H31Cl2NO5S. The summed E-state index contributed by atoms with van der Waals surface area (Å²) in [6, 6.07) is 13.7. The third kappa shape index (κ3) is 5.02. The van der Waals surface area contributed by atoms with Crippen molar-refractivity contribution in [2.24, 2.45) is 11.3 Å². The molecule has 9 heteroatoms. The number of sulfone groups is 1. The van der Waals surface area contributed by atoms with Crippen LogP contribution in [0.25, 0.3) is 0 Å². The number of aliphatic carboxylic acids is 1. The molecule has 2 N–H and O–H groups in total. The SMILES string of the molecule is CCS(=O)(=O)[C@](C[C@@H]1NC(=O)[C@](C)(CC(=O)O)C[C@@H]1c1cccc(Cl)c1)(c1ccc(Cl)cc1)C1CC1. The molecule has 1 heterocycles. The van der Waals surface area contributed by atoms with E-state index >= 15 is 0 Å². The fourth-order valence-electron chi connectivity index (χ4n) is 5.88. The number of rotatable bonds is 9. The molecule has 1 saturated carbocycles. The van der Waals surface area contributed by atoms with E-state index in [4.69, 9.17) is 23.2 Å². The molecule has 6 nitrogen and oxygen atoms in total. The monoisotopic (exact) mass is 551 g/mol. The van der Waals surface area contributed by atoms with Crippen molar-refractivity contribution in [2.75, 3.05) is 5.75 Å². The number of carbonyl (C=O) groups excluding carboxylic acids is 1.